The highest BCUT2D eigenvalue weighted by atomic mass is 32.1. The van der Waals surface area contributed by atoms with Gasteiger partial charge >= 0.3 is 5.69 Å². The van der Waals surface area contributed by atoms with E-state index >= 15 is 0 Å². The Hall–Kier alpha value is -3.50. The molecule has 168 valence electrons. The fraction of sp³-hybridized carbons (Fsp3) is 0.217. The van der Waals surface area contributed by atoms with Crippen molar-refractivity contribution < 1.29 is 4.79 Å². The molecular weight excluding hydrogens is 458 g/mol. The monoisotopic (exact) mass is 479 g/mol. The Kier molecular flexibility index (Phi) is 5.47. The molecule has 0 unspecified atom stereocenters. The lowest BCUT2D eigenvalue weighted by molar-refractivity contribution is -0.117. The van der Waals surface area contributed by atoms with E-state index in [0.717, 1.165) is 32.8 Å². The van der Waals surface area contributed by atoms with Gasteiger partial charge in [-0.3, -0.25) is 14.2 Å². The van der Waals surface area contributed by atoms with E-state index in [1.807, 2.05) is 49.6 Å². The number of thiophene rings is 2. The number of nitrogens with zero attached hydrogens (tertiary/aromatic N) is 4. The number of rotatable bonds is 6. The number of hydrogen-bond donors (Lipinski definition) is 1. The summed E-state index contributed by atoms with van der Waals surface area (Å²) < 4.78 is 4.52. The second-order valence-corrected chi connectivity index (χ2v) is 9.64. The molecule has 10 heteroatoms. The maximum Gasteiger partial charge on any atom is 0.352 e. The Morgan fingerprint density at radius 2 is 1.94 bits per heavy atom. The predicted molar refractivity (Wildman–Crippen MR) is 132 cm³/mol. The molecule has 4 aromatic heterocycles. The highest BCUT2D eigenvalue weighted by Crippen LogP contribution is 2.21. The summed E-state index contributed by atoms with van der Waals surface area (Å²) in [6, 6.07) is 11.4. The quantitative estimate of drug-likeness (QED) is 0.404. The van der Waals surface area contributed by atoms with Crippen LogP contribution in [-0.4, -0.2) is 24.7 Å². The van der Waals surface area contributed by atoms with Crippen LogP contribution in [0.1, 0.15) is 22.9 Å². The molecule has 0 atom stereocenters. The Balaban J connectivity index is 1.58. The van der Waals surface area contributed by atoms with Gasteiger partial charge in [0.05, 0.1) is 12.1 Å². The van der Waals surface area contributed by atoms with E-state index in [4.69, 9.17) is 0 Å². The number of nitrogens with one attached hydrogen (secondary N) is 1. The van der Waals surface area contributed by atoms with Crippen molar-refractivity contribution in [3.63, 3.8) is 0 Å². The Morgan fingerprint density at radius 3 is 2.70 bits per heavy atom. The molecule has 4 heterocycles. The number of hydrogen-bond acceptors (Lipinski definition) is 6. The van der Waals surface area contributed by atoms with Crippen LogP contribution in [0, 0.1) is 6.92 Å². The lowest BCUT2D eigenvalue weighted by Crippen LogP contribution is -2.29. The minimum Gasteiger partial charge on any atom is -0.324 e. The molecule has 1 N–H and O–H groups in total. The molecule has 0 radical (unpaired) electrons. The van der Waals surface area contributed by atoms with Gasteiger partial charge in [-0.2, -0.15) is 0 Å². The third kappa shape index (κ3) is 3.70. The van der Waals surface area contributed by atoms with Crippen LogP contribution in [0.25, 0.3) is 16.0 Å². The van der Waals surface area contributed by atoms with Crippen molar-refractivity contribution in [1.82, 2.24) is 18.7 Å². The Labute approximate surface area is 196 Å². The van der Waals surface area contributed by atoms with Gasteiger partial charge < -0.3 is 5.32 Å². The summed E-state index contributed by atoms with van der Waals surface area (Å²) in [5, 5.41) is 11.1. The van der Waals surface area contributed by atoms with E-state index in [9.17, 15) is 14.4 Å². The maximum absolute atomic E-state index is 13.3. The van der Waals surface area contributed by atoms with Crippen LogP contribution >= 0.6 is 22.7 Å². The van der Waals surface area contributed by atoms with Gasteiger partial charge in [0.25, 0.3) is 5.56 Å². The molecule has 0 aliphatic carbocycles. The number of anilines is 1. The molecule has 1 aromatic carbocycles. The average Bonchev–Trinajstić information content (AvgIpc) is 3.54. The first kappa shape index (κ1) is 21.4. The van der Waals surface area contributed by atoms with Crippen LogP contribution in [0.5, 0.6) is 0 Å². The first-order valence-corrected chi connectivity index (χ1v) is 12.2. The SMILES string of the molecule is CCc1cccc(C)c1NC(=O)Cn1nc2n(Cc3cccs3)c(=O)c3sccc3n2c1=O. The lowest BCUT2D eigenvalue weighted by atomic mass is 10.1. The largest absolute Gasteiger partial charge is 0.352 e. The van der Waals surface area contributed by atoms with Gasteiger partial charge in [-0.05, 0) is 47.4 Å². The third-order valence-electron chi connectivity index (χ3n) is 5.58. The number of benzene rings is 1. The Morgan fingerprint density at radius 1 is 1.09 bits per heavy atom. The maximum atomic E-state index is 13.3. The van der Waals surface area contributed by atoms with E-state index < -0.39 is 5.69 Å². The van der Waals surface area contributed by atoms with Gasteiger partial charge in [0.2, 0.25) is 11.7 Å². The van der Waals surface area contributed by atoms with Gasteiger partial charge in [-0.25, -0.2) is 13.9 Å². The van der Waals surface area contributed by atoms with Crippen LogP contribution in [0.15, 0.2) is 56.7 Å². The van der Waals surface area contributed by atoms with Crippen molar-refractivity contribution in [2.45, 2.75) is 33.4 Å². The van der Waals surface area contributed by atoms with Gasteiger partial charge in [-0.1, -0.05) is 31.2 Å². The number of carbonyl (C=O) groups excluding carboxylic acids is 1. The highest BCUT2D eigenvalue weighted by molar-refractivity contribution is 7.17. The molecule has 33 heavy (non-hydrogen) atoms. The summed E-state index contributed by atoms with van der Waals surface area (Å²) in [6.45, 7) is 4.01. The van der Waals surface area contributed by atoms with Crippen molar-refractivity contribution in [3.05, 3.63) is 84.0 Å². The number of carbonyl (C=O) groups is 1. The summed E-state index contributed by atoms with van der Waals surface area (Å²) >= 11 is 2.82. The van der Waals surface area contributed by atoms with E-state index in [0.29, 0.717) is 16.8 Å². The molecule has 0 saturated heterocycles. The zero-order chi connectivity index (χ0) is 23.1. The zero-order valence-corrected chi connectivity index (χ0v) is 19.7. The van der Waals surface area contributed by atoms with Crippen molar-refractivity contribution in [3.8, 4) is 0 Å². The topological polar surface area (TPSA) is 90.4 Å². The Bertz CT molecular complexity index is 1610. The first-order chi connectivity index (χ1) is 16.0. The average molecular weight is 480 g/mol. The van der Waals surface area contributed by atoms with Crippen LogP contribution in [0.4, 0.5) is 5.69 Å². The molecule has 8 nitrogen and oxygen atoms in total. The van der Waals surface area contributed by atoms with Gasteiger partial charge in [0.1, 0.15) is 11.2 Å². The fourth-order valence-electron chi connectivity index (χ4n) is 3.95. The molecule has 0 saturated carbocycles. The van der Waals surface area contributed by atoms with Gasteiger partial charge in [0.15, 0.2) is 0 Å². The minimum atomic E-state index is -0.455. The number of aryl methyl sites for hydroxylation is 2. The van der Waals surface area contributed by atoms with Crippen molar-refractivity contribution >= 4 is 50.3 Å². The van der Waals surface area contributed by atoms with Crippen LogP contribution in [0.2, 0.25) is 0 Å². The van der Waals surface area contributed by atoms with Crippen LogP contribution in [0.3, 0.4) is 0 Å². The molecule has 5 aromatic rings. The molecule has 1 amide bonds. The van der Waals surface area contributed by atoms with Gasteiger partial charge in [0, 0.05) is 10.6 Å². The lowest BCUT2D eigenvalue weighted by Gasteiger charge is -2.12. The summed E-state index contributed by atoms with van der Waals surface area (Å²) in [5.74, 6) is -0.125. The molecular formula is C23H21N5O3S2. The summed E-state index contributed by atoms with van der Waals surface area (Å²) in [5.41, 5.74) is 2.59. The van der Waals surface area contributed by atoms with Crippen LogP contribution in [-0.2, 0) is 24.3 Å². The smallest absolute Gasteiger partial charge is 0.324 e. The molecule has 0 bridgehead atoms. The van der Waals surface area contributed by atoms with E-state index in [1.54, 1.807) is 11.4 Å². The van der Waals surface area contributed by atoms with E-state index in [2.05, 4.69) is 10.4 Å². The molecule has 0 fully saturated rings. The molecule has 5 rings (SSSR count). The summed E-state index contributed by atoms with van der Waals surface area (Å²) in [4.78, 5) is 40.3. The molecule has 0 aliphatic heterocycles. The molecule has 0 spiro atoms. The van der Waals surface area contributed by atoms with E-state index in [1.165, 1.54) is 31.6 Å². The standard InChI is InChI=1S/C23H21N5O3S2/c1-3-15-7-4-6-14(2)19(15)24-18(29)13-27-23(31)28-17-9-11-33-20(17)21(30)26(22(28)25-27)12-16-8-5-10-32-16/h4-11H,3,12-13H2,1-2H3,(H,24,29). The minimum absolute atomic E-state index is 0.199. The third-order valence-corrected chi connectivity index (χ3v) is 7.33. The predicted octanol–water partition coefficient (Wildman–Crippen LogP) is 3.49. The van der Waals surface area contributed by atoms with Crippen molar-refractivity contribution in [1.29, 1.82) is 0 Å². The summed E-state index contributed by atoms with van der Waals surface area (Å²) in [7, 11) is 0. The van der Waals surface area contributed by atoms with Crippen LogP contribution < -0.4 is 16.6 Å². The number of para-hydroxylation sites is 1. The number of fused-ring (bicyclic) bond motifs is 3. The van der Waals surface area contributed by atoms with Crippen molar-refractivity contribution in [2.75, 3.05) is 5.32 Å². The van der Waals surface area contributed by atoms with Crippen molar-refractivity contribution in [2.24, 2.45) is 0 Å². The van der Waals surface area contributed by atoms with Gasteiger partial charge in [-0.15, -0.1) is 27.8 Å². The summed E-state index contributed by atoms with van der Waals surface area (Å²) in [6.07, 6.45) is 0.775. The fourth-order valence-corrected chi connectivity index (χ4v) is 5.47. The second kappa shape index (κ2) is 8.45. The molecule has 0 aliphatic rings. The zero-order valence-electron chi connectivity index (χ0n) is 18.1. The second-order valence-electron chi connectivity index (χ2n) is 7.69. The number of aromatic nitrogens is 4. The normalized spacial score (nSPS) is 11.5. The van der Waals surface area contributed by atoms with E-state index in [-0.39, 0.29) is 23.8 Å². The number of amides is 1. The first-order valence-electron chi connectivity index (χ1n) is 10.5. The highest BCUT2D eigenvalue weighted by Gasteiger charge is 2.20.